The van der Waals surface area contributed by atoms with E-state index in [0.717, 1.165) is 5.56 Å². The van der Waals surface area contributed by atoms with Crippen LogP contribution < -0.4 is 0 Å². The molecule has 0 spiro atoms. The summed E-state index contributed by atoms with van der Waals surface area (Å²) >= 11 is 0. The first kappa shape index (κ1) is 15.2. The Morgan fingerprint density at radius 2 is 1.89 bits per heavy atom. The zero-order valence-corrected chi connectivity index (χ0v) is 11.3. The van der Waals surface area contributed by atoms with Crippen molar-refractivity contribution < 1.29 is 24.4 Å². The van der Waals surface area contributed by atoms with Gasteiger partial charge in [-0.3, -0.25) is 0 Å². The van der Waals surface area contributed by atoms with E-state index in [4.69, 9.17) is 14.9 Å². The molecule has 1 rings (SSSR count). The second-order valence-corrected chi connectivity index (χ2v) is 4.62. The molecule has 0 saturated heterocycles. The Morgan fingerprint density at radius 3 is 2.37 bits per heavy atom. The SMILES string of the molecule is C=C(C)C(OOC(C)(C)c1ccccc1)OC(=O)O. The molecule has 0 aromatic heterocycles. The van der Waals surface area contributed by atoms with Crippen LogP contribution in [0.3, 0.4) is 0 Å². The highest BCUT2D eigenvalue weighted by Crippen LogP contribution is 2.25. The van der Waals surface area contributed by atoms with Crippen LogP contribution in [0.4, 0.5) is 4.79 Å². The van der Waals surface area contributed by atoms with Crippen LogP contribution in [0.5, 0.6) is 0 Å². The molecule has 0 aliphatic heterocycles. The van der Waals surface area contributed by atoms with E-state index in [1.807, 2.05) is 30.3 Å². The number of hydrogen-bond donors (Lipinski definition) is 1. The minimum Gasteiger partial charge on any atom is -0.450 e. The van der Waals surface area contributed by atoms with Crippen molar-refractivity contribution in [2.45, 2.75) is 32.7 Å². The molecule has 0 radical (unpaired) electrons. The van der Waals surface area contributed by atoms with E-state index in [-0.39, 0.29) is 0 Å². The van der Waals surface area contributed by atoms with Crippen molar-refractivity contribution in [1.29, 1.82) is 0 Å². The summed E-state index contributed by atoms with van der Waals surface area (Å²) in [7, 11) is 0. The number of rotatable bonds is 6. The summed E-state index contributed by atoms with van der Waals surface area (Å²) in [6, 6.07) is 9.42. The molecule has 104 valence electrons. The smallest absolute Gasteiger partial charge is 0.450 e. The van der Waals surface area contributed by atoms with Crippen LogP contribution in [0, 0.1) is 0 Å². The Kier molecular flexibility index (Phi) is 5.09. The molecule has 0 bridgehead atoms. The number of carbonyl (C=O) groups is 1. The number of carboxylic acid groups (broad SMARTS) is 1. The highest BCUT2D eigenvalue weighted by molar-refractivity contribution is 5.57. The molecule has 1 aromatic carbocycles. The standard InChI is InChI=1S/C14H18O5/c1-10(2)12(17-13(15)16)18-19-14(3,4)11-8-6-5-7-9-11/h5-9,12H,1H2,2-4H3,(H,15,16). The molecule has 0 saturated carbocycles. The third-order valence-electron chi connectivity index (χ3n) is 2.42. The van der Waals surface area contributed by atoms with E-state index in [2.05, 4.69) is 11.3 Å². The van der Waals surface area contributed by atoms with Crippen molar-refractivity contribution in [1.82, 2.24) is 0 Å². The highest BCUT2D eigenvalue weighted by atomic mass is 17.2. The first-order valence-electron chi connectivity index (χ1n) is 5.78. The van der Waals surface area contributed by atoms with E-state index < -0.39 is 18.0 Å². The van der Waals surface area contributed by atoms with Crippen LogP contribution >= 0.6 is 0 Å². The van der Waals surface area contributed by atoms with E-state index >= 15 is 0 Å². The fraction of sp³-hybridized carbons (Fsp3) is 0.357. The summed E-state index contributed by atoms with van der Waals surface area (Å²) in [6.07, 6.45) is -2.60. The second-order valence-electron chi connectivity index (χ2n) is 4.62. The third kappa shape index (κ3) is 4.73. The third-order valence-corrected chi connectivity index (χ3v) is 2.42. The Morgan fingerprint density at radius 1 is 1.32 bits per heavy atom. The molecule has 5 nitrogen and oxygen atoms in total. The van der Waals surface area contributed by atoms with Crippen molar-refractivity contribution in [3.05, 3.63) is 48.0 Å². The van der Waals surface area contributed by atoms with Gasteiger partial charge in [0.15, 0.2) is 0 Å². The van der Waals surface area contributed by atoms with Crippen LogP contribution in [0.15, 0.2) is 42.5 Å². The lowest BCUT2D eigenvalue weighted by atomic mass is 9.99. The maximum absolute atomic E-state index is 10.5. The van der Waals surface area contributed by atoms with Gasteiger partial charge in [0.1, 0.15) is 5.60 Å². The van der Waals surface area contributed by atoms with Crippen LogP contribution in [0.25, 0.3) is 0 Å². The highest BCUT2D eigenvalue weighted by Gasteiger charge is 2.26. The molecule has 0 heterocycles. The Bertz CT molecular complexity index is 438. The van der Waals surface area contributed by atoms with Gasteiger partial charge in [-0.05, 0) is 31.9 Å². The Hall–Kier alpha value is -1.85. The quantitative estimate of drug-likeness (QED) is 0.281. The van der Waals surface area contributed by atoms with Crippen molar-refractivity contribution in [2.24, 2.45) is 0 Å². The first-order chi connectivity index (χ1) is 8.83. The van der Waals surface area contributed by atoms with Crippen LogP contribution in [0.2, 0.25) is 0 Å². The largest absolute Gasteiger partial charge is 0.508 e. The number of hydrogen-bond acceptors (Lipinski definition) is 4. The van der Waals surface area contributed by atoms with Gasteiger partial charge in [0.2, 0.25) is 0 Å². The molecule has 0 amide bonds. The lowest BCUT2D eigenvalue weighted by molar-refractivity contribution is -0.407. The second kappa shape index (κ2) is 6.36. The Labute approximate surface area is 112 Å². The van der Waals surface area contributed by atoms with Crippen molar-refractivity contribution in [2.75, 3.05) is 0 Å². The minimum atomic E-state index is -1.45. The molecule has 0 aliphatic rings. The van der Waals surface area contributed by atoms with E-state index in [1.165, 1.54) is 0 Å². The summed E-state index contributed by atoms with van der Waals surface area (Å²) in [5.74, 6) is 0. The molecular formula is C14H18O5. The first-order valence-corrected chi connectivity index (χ1v) is 5.78. The van der Waals surface area contributed by atoms with Gasteiger partial charge in [-0.2, -0.15) is 4.89 Å². The van der Waals surface area contributed by atoms with Crippen LogP contribution in [-0.2, 0) is 20.1 Å². The van der Waals surface area contributed by atoms with E-state index in [1.54, 1.807) is 20.8 Å². The Balaban J connectivity index is 2.68. The molecule has 1 aromatic rings. The molecule has 5 heteroatoms. The molecule has 1 atom stereocenters. The average Bonchev–Trinajstić information content (AvgIpc) is 2.35. The number of ether oxygens (including phenoxy) is 1. The zero-order chi connectivity index (χ0) is 14.5. The monoisotopic (exact) mass is 266 g/mol. The molecular weight excluding hydrogens is 248 g/mol. The van der Waals surface area contributed by atoms with Gasteiger partial charge in [0.05, 0.1) is 0 Å². The van der Waals surface area contributed by atoms with Crippen molar-refractivity contribution in [3.8, 4) is 0 Å². The van der Waals surface area contributed by atoms with E-state index in [9.17, 15) is 4.79 Å². The maximum atomic E-state index is 10.5. The predicted octanol–water partition coefficient (Wildman–Crippen LogP) is 3.47. The topological polar surface area (TPSA) is 65.0 Å². The normalized spacial score (nSPS) is 12.8. The zero-order valence-electron chi connectivity index (χ0n) is 11.3. The maximum Gasteiger partial charge on any atom is 0.508 e. The van der Waals surface area contributed by atoms with Gasteiger partial charge in [0.25, 0.3) is 6.29 Å². The summed E-state index contributed by atoms with van der Waals surface area (Å²) in [5.41, 5.74) is 0.550. The van der Waals surface area contributed by atoms with Crippen molar-refractivity contribution >= 4 is 6.16 Å². The lowest BCUT2D eigenvalue weighted by Crippen LogP contribution is -2.28. The van der Waals surface area contributed by atoms with Gasteiger partial charge in [-0.25, -0.2) is 9.68 Å². The molecule has 19 heavy (non-hydrogen) atoms. The summed E-state index contributed by atoms with van der Waals surface area (Å²) in [6.45, 7) is 8.79. The summed E-state index contributed by atoms with van der Waals surface area (Å²) in [5, 5.41) is 8.58. The molecule has 0 aliphatic carbocycles. The molecule has 1 unspecified atom stereocenters. The summed E-state index contributed by atoms with van der Waals surface area (Å²) < 4.78 is 4.51. The minimum absolute atomic E-state index is 0.395. The van der Waals surface area contributed by atoms with Crippen molar-refractivity contribution in [3.63, 3.8) is 0 Å². The van der Waals surface area contributed by atoms with Gasteiger partial charge < -0.3 is 9.84 Å². The average molecular weight is 266 g/mol. The van der Waals surface area contributed by atoms with Gasteiger partial charge in [-0.1, -0.05) is 36.9 Å². The fourth-order valence-corrected chi connectivity index (χ4v) is 1.35. The fourth-order valence-electron chi connectivity index (χ4n) is 1.35. The van der Waals surface area contributed by atoms with Gasteiger partial charge in [0, 0.05) is 0 Å². The van der Waals surface area contributed by atoms with E-state index in [0.29, 0.717) is 5.57 Å². The number of benzene rings is 1. The lowest BCUT2D eigenvalue weighted by Gasteiger charge is -2.26. The van der Waals surface area contributed by atoms with Gasteiger partial charge >= 0.3 is 6.16 Å². The van der Waals surface area contributed by atoms with Crippen LogP contribution in [-0.4, -0.2) is 17.6 Å². The van der Waals surface area contributed by atoms with Gasteiger partial charge in [-0.15, -0.1) is 0 Å². The summed E-state index contributed by atoms with van der Waals surface area (Å²) in [4.78, 5) is 20.8. The molecule has 0 fully saturated rings. The predicted molar refractivity (Wildman–Crippen MR) is 69.3 cm³/mol. The molecule has 1 N–H and O–H groups in total. The van der Waals surface area contributed by atoms with Crippen LogP contribution in [0.1, 0.15) is 26.3 Å².